The predicted molar refractivity (Wildman–Crippen MR) is 80.5 cm³/mol. The molecule has 5 heteroatoms. The maximum atomic E-state index is 9.99. The summed E-state index contributed by atoms with van der Waals surface area (Å²) in [5, 5.41) is 29.3. The molecule has 0 aliphatic heterocycles. The first-order valence-electron chi connectivity index (χ1n) is 6.90. The van der Waals surface area contributed by atoms with Gasteiger partial charge in [-0.25, -0.2) is 4.68 Å². The molecule has 0 saturated carbocycles. The lowest BCUT2D eigenvalue weighted by atomic mass is 10.1. The molecule has 1 heterocycles. The number of aliphatic hydroxyl groups excluding tert-OH is 1. The van der Waals surface area contributed by atoms with Crippen molar-refractivity contribution < 1.29 is 10.2 Å². The zero-order valence-corrected chi connectivity index (χ0v) is 12.0. The van der Waals surface area contributed by atoms with Crippen molar-refractivity contribution in [2.75, 3.05) is 0 Å². The summed E-state index contributed by atoms with van der Waals surface area (Å²) in [6, 6.07) is 11.1. The van der Waals surface area contributed by atoms with Crippen molar-refractivity contribution in [3.8, 4) is 11.4 Å². The van der Waals surface area contributed by atoms with Gasteiger partial charge in [0.05, 0.1) is 18.0 Å². The van der Waals surface area contributed by atoms with Crippen LogP contribution in [0, 0.1) is 0 Å². The normalized spacial score (nSPS) is 11.4. The summed E-state index contributed by atoms with van der Waals surface area (Å²) in [5.41, 5.74) is 2.31. The van der Waals surface area contributed by atoms with E-state index < -0.39 is 0 Å². The van der Waals surface area contributed by atoms with Gasteiger partial charge in [0.15, 0.2) is 0 Å². The van der Waals surface area contributed by atoms with E-state index in [0.717, 1.165) is 22.2 Å². The van der Waals surface area contributed by atoms with Crippen LogP contribution in [0.25, 0.3) is 16.5 Å². The Kier molecular flexibility index (Phi) is 3.35. The number of phenols is 1. The van der Waals surface area contributed by atoms with Crippen LogP contribution in [-0.4, -0.2) is 25.2 Å². The van der Waals surface area contributed by atoms with Gasteiger partial charge < -0.3 is 10.2 Å². The van der Waals surface area contributed by atoms with E-state index >= 15 is 0 Å². The lowest BCUT2D eigenvalue weighted by Crippen LogP contribution is -2.06. The number of aromatic nitrogens is 3. The van der Waals surface area contributed by atoms with Gasteiger partial charge in [0.2, 0.25) is 0 Å². The molecular formula is C16H17N3O2. The molecule has 0 amide bonds. The summed E-state index contributed by atoms with van der Waals surface area (Å²) >= 11 is 0. The molecule has 0 bridgehead atoms. The van der Waals surface area contributed by atoms with Crippen LogP contribution in [-0.2, 0) is 6.61 Å². The lowest BCUT2D eigenvalue weighted by Gasteiger charge is -2.13. The number of fused-ring (bicyclic) bond motifs is 1. The standard InChI is InChI=1S/C16H17N3O2/c1-10(2)16-13(9-20)17-18-19(16)14-7-3-6-12-11(14)5-4-8-15(12)21/h3-8,10,20-21H,9H2,1-2H3. The summed E-state index contributed by atoms with van der Waals surface area (Å²) in [6.45, 7) is 3.94. The van der Waals surface area contributed by atoms with Gasteiger partial charge in [-0.15, -0.1) is 5.10 Å². The number of aliphatic hydroxyl groups is 1. The highest BCUT2D eigenvalue weighted by Crippen LogP contribution is 2.30. The average Bonchev–Trinajstić information content (AvgIpc) is 2.91. The number of benzene rings is 2. The molecule has 3 aromatic rings. The summed E-state index contributed by atoms with van der Waals surface area (Å²) in [7, 11) is 0. The van der Waals surface area contributed by atoms with E-state index in [-0.39, 0.29) is 18.3 Å². The topological polar surface area (TPSA) is 71.2 Å². The van der Waals surface area contributed by atoms with Crippen LogP contribution in [0.15, 0.2) is 36.4 Å². The monoisotopic (exact) mass is 283 g/mol. The van der Waals surface area contributed by atoms with Crippen LogP contribution in [0.4, 0.5) is 0 Å². The fourth-order valence-electron chi connectivity index (χ4n) is 2.65. The Labute approximate surface area is 122 Å². The van der Waals surface area contributed by atoms with Crippen molar-refractivity contribution in [3.05, 3.63) is 47.8 Å². The largest absolute Gasteiger partial charge is 0.507 e. The van der Waals surface area contributed by atoms with Crippen LogP contribution < -0.4 is 0 Å². The molecule has 3 rings (SSSR count). The van der Waals surface area contributed by atoms with Gasteiger partial charge in [-0.1, -0.05) is 43.3 Å². The molecule has 0 radical (unpaired) electrons. The average molecular weight is 283 g/mol. The third-order valence-corrected chi connectivity index (χ3v) is 3.58. The summed E-state index contributed by atoms with van der Waals surface area (Å²) in [5.74, 6) is 0.414. The second kappa shape index (κ2) is 5.18. The minimum absolute atomic E-state index is 0.135. The molecule has 0 aliphatic rings. The Morgan fingerprint density at radius 1 is 1.10 bits per heavy atom. The smallest absolute Gasteiger partial charge is 0.123 e. The molecule has 0 aliphatic carbocycles. The number of hydrogen-bond donors (Lipinski definition) is 2. The second-order valence-electron chi connectivity index (χ2n) is 5.30. The molecule has 5 nitrogen and oxygen atoms in total. The minimum Gasteiger partial charge on any atom is -0.507 e. The van der Waals surface area contributed by atoms with Crippen LogP contribution in [0.1, 0.15) is 31.2 Å². The molecule has 0 atom stereocenters. The third-order valence-electron chi connectivity index (χ3n) is 3.58. The number of phenolic OH excluding ortho intramolecular Hbond substituents is 1. The maximum absolute atomic E-state index is 9.99. The van der Waals surface area contributed by atoms with Crippen molar-refractivity contribution in [2.24, 2.45) is 0 Å². The molecular weight excluding hydrogens is 266 g/mol. The zero-order chi connectivity index (χ0) is 15.0. The van der Waals surface area contributed by atoms with Gasteiger partial charge in [0, 0.05) is 10.8 Å². The van der Waals surface area contributed by atoms with Crippen molar-refractivity contribution in [2.45, 2.75) is 26.4 Å². The fraction of sp³-hybridized carbons (Fsp3) is 0.250. The molecule has 0 fully saturated rings. The van der Waals surface area contributed by atoms with Crippen molar-refractivity contribution in [3.63, 3.8) is 0 Å². The molecule has 2 aromatic carbocycles. The van der Waals surface area contributed by atoms with E-state index in [4.69, 9.17) is 0 Å². The Bertz CT molecular complexity index is 793. The lowest BCUT2D eigenvalue weighted by molar-refractivity contribution is 0.275. The Morgan fingerprint density at radius 2 is 1.81 bits per heavy atom. The van der Waals surface area contributed by atoms with Crippen molar-refractivity contribution >= 4 is 10.8 Å². The molecule has 1 aromatic heterocycles. The van der Waals surface area contributed by atoms with Crippen LogP contribution in [0.5, 0.6) is 5.75 Å². The van der Waals surface area contributed by atoms with Crippen LogP contribution in [0.3, 0.4) is 0 Å². The van der Waals surface area contributed by atoms with Gasteiger partial charge in [0.1, 0.15) is 11.4 Å². The van der Waals surface area contributed by atoms with Gasteiger partial charge >= 0.3 is 0 Å². The first-order valence-corrected chi connectivity index (χ1v) is 6.90. The van der Waals surface area contributed by atoms with E-state index in [1.165, 1.54) is 0 Å². The minimum atomic E-state index is -0.135. The highest BCUT2D eigenvalue weighted by molar-refractivity contribution is 5.94. The number of aromatic hydroxyl groups is 1. The molecule has 0 spiro atoms. The quantitative estimate of drug-likeness (QED) is 0.775. The Balaban J connectivity index is 2.31. The second-order valence-corrected chi connectivity index (χ2v) is 5.30. The van der Waals surface area contributed by atoms with E-state index in [1.54, 1.807) is 16.8 Å². The fourth-order valence-corrected chi connectivity index (χ4v) is 2.65. The number of nitrogens with zero attached hydrogens (tertiary/aromatic N) is 3. The predicted octanol–water partition coefficient (Wildman–Crippen LogP) is 2.74. The van der Waals surface area contributed by atoms with E-state index in [9.17, 15) is 10.2 Å². The van der Waals surface area contributed by atoms with Gasteiger partial charge in [-0.2, -0.15) is 0 Å². The van der Waals surface area contributed by atoms with Crippen LogP contribution in [0.2, 0.25) is 0 Å². The first-order chi connectivity index (χ1) is 10.1. The molecule has 0 saturated heterocycles. The summed E-state index contributed by atoms with van der Waals surface area (Å²) in [4.78, 5) is 0. The Hall–Kier alpha value is -2.40. The molecule has 108 valence electrons. The first kappa shape index (κ1) is 13.6. The van der Waals surface area contributed by atoms with E-state index in [2.05, 4.69) is 10.3 Å². The van der Waals surface area contributed by atoms with Crippen molar-refractivity contribution in [1.82, 2.24) is 15.0 Å². The highest BCUT2D eigenvalue weighted by Gasteiger charge is 2.18. The van der Waals surface area contributed by atoms with Gasteiger partial charge in [0.25, 0.3) is 0 Å². The molecule has 21 heavy (non-hydrogen) atoms. The van der Waals surface area contributed by atoms with Crippen molar-refractivity contribution in [1.29, 1.82) is 0 Å². The van der Waals surface area contributed by atoms with E-state index in [0.29, 0.717) is 5.69 Å². The SMILES string of the molecule is CC(C)c1c(CO)nnn1-c1cccc2c(O)cccc12. The van der Waals surface area contributed by atoms with Gasteiger partial charge in [-0.05, 0) is 18.1 Å². The maximum Gasteiger partial charge on any atom is 0.123 e. The zero-order valence-electron chi connectivity index (χ0n) is 12.0. The Morgan fingerprint density at radius 3 is 2.52 bits per heavy atom. The van der Waals surface area contributed by atoms with Crippen LogP contribution >= 0.6 is 0 Å². The highest BCUT2D eigenvalue weighted by atomic mass is 16.3. The van der Waals surface area contributed by atoms with Gasteiger partial charge in [-0.3, -0.25) is 0 Å². The summed E-state index contributed by atoms with van der Waals surface area (Å²) < 4.78 is 1.75. The number of rotatable bonds is 3. The summed E-state index contributed by atoms with van der Waals surface area (Å²) in [6.07, 6.45) is 0. The third kappa shape index (κ3) is 2.15. The molecule has 0 unspecified atom stereocenters. The van der Waals surface area contributed by atoms with E-state index in [1.807, 2.05) is 38.1 Å². The molecule has 2 N–H and O–H groups in total. The number of hydrogen-bond acceptors (Lipinski definition) is 4.